The lowest BCUT2D eigenvalue weighted by Crippen LogP contribution is -2.21. The van der Waals surface area contributed by atoms with Crippen LogP contribution in [0, 0.1) is 0 Å². The summed E-state index contributed by atoms with van der Waals surface area (Å²) in [4.78, 5) is 22.9. The molecule has 77 heavy (non-hydrogen) atoms. The predicted molar refractivity (Wildman–Crippen MR) is 349 cm³/mol. The molecule has 0 saturated carbocycles. The van der Waals surface area contributed by atoms with Crippen LogP contribution in [-0.2, 0) is 0 Å². The first-order chi connectivity index (χ1) is 37.5. The van der Waals surface area contributed by atoms with Gasteiger partial charge in [-0.15, -0.1) is 0 Å². The maximum Gasteiger partial charge on any atom is 0.0715 e. The molecule has 0 saturated heterocycles. The van der Waals surface area contributed by atoms with Crippen molar-refractivity contribution in [2.24, 2.45) is 0 Å². The van der Waals surface area contributed by atoms with Gasteiger partial charge in [-0.3, -0.25) is 0 Å². The lowest BCUT2D eigenvalue weighted by molar-refractivity contribution is -0.256. The Bertz CT molecular complexity index is 1410. The molecule has 0 atom stereocenters. The summed E-state index contributed by atoms with van der Waals surface area (Å²) in [6, 6.07) is 12.5. The van der Waals surface area contributed by atoms with Crippen molar-refractivity contribution >= 4 is 38.2 Å². The Kier molecular flexibility index (Phi) is 54.1. The number of carbonyl (C=O) groups excluding carboxylic acids is 2. The third-order valence-electron chi connectivity index (χ3n) is 16.3. The van der Waals surface area contributed by atoms with Crippen LogP contribution in [-0.4, -0.2) is 61.2 Å². The summed E-state index contributed by atoms with van der Waals surface area (Å²) in [6.45, 7) is 19.0. The zero-order valence-corrected chi connectivity index (χ0v) is 55.1. The highest BCUT2D eigenvalue weighted by atomic mass is 32.2. The maximum atomic E-state index is 10.6. The first-order valence-electron chi connectivity index (χ1n) is 33.6. The molecular formula is C70H128O4P2S. The minimum absolute atomic E-state index is 0.122. The molecule has 0 aliphatic carbocycles. The number of rotatable bonds is 52. The number of carboxylic acids is 2. The average molecular weight is 1130 g/mol. The summed E-state index contributed by atoms with van der Waals surface area (Å²) in [5, 5.41) is 21.2. The van der Waals surface area contributed by atoms with Crippen molar-refractivity contribution in [1.29, 1.82) is 0 Å². The van der Waals surface area contributed by atoms with Gasteiger partial charge in [-0.25, -0.2) is 0 Å². The standard InChI is InChI=1S/2C28H60P.C14H10O4S/c2*1-5-9-13-14-15-16-17-18-19-20-21-22-23-24-28-29(25-10-6-2,26-11-7-3)27-12-8-4;15-13(16)9-1-5-11(6-2-9)19-12-7-3-10(4-8-12)14(17)18/h2*5-28H2,1-4H3;1-8H,(H,15,16)(H,17,18)/q2*+1;/p-2. The molecule has 7 heteroatoms. The molecule has 0 amide bonds. The third kappa shape index (κ3) is 43.9. The van der Waals surface area contributed by atoms with Crippen LogP contribution >= 0.6 is 26.3 Å². The predicted octanol–water partition coefficient (Wildman–Crippen LogP) is 22.3. The smallest absolute Gasteiger partial charge is 0.0715 e. The van der Waals surface area contributed by atoms with Gasteiger partial charge in [0.2, 0.25) is 0 Å². The van der Waals surface area contributed by atoms with Gasteiger partial charge in [-0.1, -0.05) is 284 Å². The molecule has 0 aliphatic rings. The molecule has 0 spiro atoms. The van der Waals surface area contributed by atoms with Crippen LogP contribution in [0.15, 0.2) is 58.3 Å². The fraction of sp³-hybridized carbons (Fsp3) is 0.800. The highest BCUT2D eigenvalue weighted by Gasteiger charge is 2.35. The van der Waals surface area contributed by atoms with Crippen molar-refractivity contribution in [3.05, 3.63) is 59.7 Å². The first kappa shape index (κ1) is 75.6. The number of unbranched alkanes of at least 4 members (excludes halogenated alkanes) is 32. The van der Waals surface area contributed by atoms with Crippen molar-refractivity contribution in [2.75, 3.05) is 49.3 Å². The van der Waals surface area contributed by atoms with E-state index >= 15 is 0 Å². The molecule has 0 N–H and O–H groups in total. The third-order valence-corrected chi connectivity index (χ3v) is 27.4. The van der Waals surface area contributed by atoms with Gasteiger partial charge in [0.1, 0.15) is 0 Å². The number of carboxylic acid groups (broad SMARTS) is 2. The van der Waals surface area contributed by atoms with Gasteiger partial charge in [0.25, 0.3) is 0 Å². The van der Waals surface area contributed by atoms with Gasteiger partial charge in [-0.2, -0.15) is 0 Å². The van der Waals surface area contributed by atoms with E-state index in [4.69, 9.17) is 0 Å². The molecule has 2 rings (SSSR count). The minimum Gasteiger partial charge on any atom is -0.545 e. The summed E-state index contributed by atoms with van der Waals surface area (Å²) in [5.74, 6) is -2.43. The van der Waals surface area contributed by atoms with E-state index in [1.165, 1.54) is 280 Å². The maximum absolute atomic E-state index is 10.6. The molecule has 2 aromatic carbocycles. The van der Waals surface area contributed by atoms with Crippen molar-refractivity contribution in [3.63, 3.8) is 0 Å². The van der Waals surface area contributed by atoms with Crippen molar-refractivity contribution in [1.82, 2.24) is 0 Å². The minimum atomic E-state index is -1.21. The van der Waals surface area contributed by atoms with Crippen molar-refractivity contribution in [2.45, 2.75) is 322 Å². The van der Waals surface area contributed by atoms with E-state index < -0.39 is 26.5 Å². The van der Waals surface area contributed by atoms with E-state index in [2.05, 4.69) is 55.4 Å². The number of aromatic carboxylic acids is 2. The van der Waals surface area contributed by atoms with Crippen molar-refractivity contribution < 1.29 is 19.8 Å². The van der Waals surface area contributed by atoms with Crippen LogP contribution in [0.3, 0.4) is 0 Å². The Labute approximate surface area is 486 Å². The van der Waals surface area contributed by atoms with Gasteiger partial charge in [0, 0.05) is 24.3 Å². The number of carbonyl (C=O) groups is 2. The Morgan fingerprint density at radius 2 is 0.442 bits per heavy atom. The van der Waals surface area contributed by atoms with Crippen LogP contribution in [0.5, 0.6) is 0 Å². The number of hydrogen-bond donors (Lipinski definition) is 0. The number of benzene rings is 2. The second-order valence-electron chi connectivity index (χ2n) is 23.5. The normalized spacial score (nSPS) is 11.5. The lowest BCUT2D eigenvalue weighted by atomic mass is 10.0. The van der Waals surface area contributed by atoms with Crippen LogP contribution in [0.25, 0.3) is 0 Å². The van der Waals surface area contributed by atoms with Crippen LogP contribution < -0.4 is 10.2 Å². The summed E-state index contributed by atoms with van der Waals surface area (Å²) >= 11 is 1.40. The van der Waals surface area contributed by atoms with E-state index in [0.29, 0.717) is 0 Å². The molecular weight excluding hydrogens is 999 g/mol. The van der Waals surface area contributed by atoms with E-state index in [1.807, 2.05) is 0 Å². The molecule has 0 fully saturated rings. The Morgan fingerprint density at radius 1 is 0.273 bits per heavy atom. The van der Waals surface area contributed by atoms with E-state index in [0.717, 1.165) is 9.79 Å². The van der Waals surface area contributed by atoms with E-state index in [-0.39, 0.29) is 11.1 Å². The fourth-order valence-electron chi connectivity index (χ4n) is 11.0. The second-order valence-corrected chi connectivity index (χ2v) is 33.6. The van der Waals surface area contributed by atoms with E-state index in [9.17, 15) is 19.8 Å². The Hall–Kier alpha value is -1.41. The molecule has 0 aliphatic heterocycles. The average Bonchev–Trinajstić information content (AvgIpc) is 3.44. The lowest BCUT2D eigenvalue weighted by Gasteiger charge is -2.28. The highest BCUT2D eigenvalue weighted by Crippen LogP contribution is 2.62. The molecule has 0 unspecified atom stereocenters. The van der Waals surface area contributed by atoms with Gasteiger partial charge in [0.15, 0.2) is 0 Å². The topological polar surface area (TPSA) is 80.3 Å². The summed E-state index contributed by atoms with van der Waals surface area (Å²) in [5.41, 5.74) is 0.244. The van der Waals surface area contributed by atoms with Crippen LogP contribution in [0.1, 0.15) is 333 Å². The van der Waals surface area contributed by atoms with Crippen LogP contribution in [0.4, 0.5) is 0 Å². The Morgan fingerprint density at radius 3 is 0.623 bits per heavy atom. The summed E-state index contributed by atoms with van der Waals surface area (Å²) in [6.07, 6.45) is 71.9. The fourth-order valence-corrected chi connectivity index (χ4v) is 22.3. The van der Waals surface area contributed by atoms with Gasteiger partial charge in [-0.05, 0) is 99.6 Å². The highest BCUT2D eigenvalue weighted by molar-refractivity contribution is 7.99. The van der Waals surface area contributed by atoms with Gasteiger partial charge < -0.3 is 19.8 Å². The molecule has 0 bridgehead atoms. The second kappa shape index (κ2) is 55.1. The first-order valence-corrected chi connectivity index (χ1v) is 39.4. The molecule has 0 aromatic heterocycles. The largest absolute Gasteiger partial charge is 0.545 e. The zero-order chi connectivity index (χ0) is 56.8. The summed E-state index contributed by atoms with van der Waals surface area (Å²) in [7, 11) is -1.26. The molecule has 0 heterocycles. The SMILES string of the molecule is CCCCCCCCCCCCCCCC[P+](CCCC)(CCCC)CCCC.CCCCCCCCCCCCCCCC[P+](CCCC)(CCCC)CCCC.O=C([O-])c1ccc(Sc2ccc(C(=O)[O-])cc2)cc1. The Balaban J connectivity index is 0.00000115. The van der Waals surface area contributed by atoms with Crippen LogP contribution in [0.2, 0.25) is 0 Å². The van der Waals surface area contributed by atoms with Crippen molar-refractivity contribution in [3.8, 4) is 0 Å². The molecule has 2 aromatic rings. The summed E-state index contributed by atoms with van der Waals surface area (Å²) < 4.78 is 0. The number of hydrogen-bond acceptors (Lipinski definition) is 5. The monoisotopic (exact) mass is 1130 g/mol. The quantitative estimate of drug-likeness (QED) is 0.0487. The van der Waals surface area contributed by atoms with Gasteiger partial charge >= 0.3 is 0 Å². The molecule has 4 nitrogen and oxygen atoms in total. The molecule has 448 valence electrons. The molecule has 0 radical (unpaired) electrons. The van der Waals surface area contributed by atoms with Gasteiger partial charge in [0.05, 0.1) is 61.2 Å². The zero-order valence-electron chi connectivity index (χ0n) is 52.5. The van der Waals surface area contributed by atoms with E-state index in [1.54, 1.807) is 86.4 Å².